The number of carbonyl (C=O) groups excluding carboxylic acids is 3. The Bertz CT molecular complexity index is 998. The van der Waals surface area contributed by atoms with Crippen molar-refractivity contribution in [3.8, 4) is 0 Å². The molecule has 0 aromatic heterocycles. The summed E-state index contributed by atoms with van der Waals surface area (Å²) in [5.74, 6) is -3.11. The second kappa shape index (κ2) is 7.20. The summed E-state index contributed by atoms with van der Waals surface area (Å²) in [5.41, 5.74) is -0.972. The lowest BCUT2D eigenvalue weighted by Crippen LogP contribution is -2.42. The first-order valence-electron chi connectivity index (χ1n) is 8.27. The van der Waals surface area contributed by atoms with Crippen molar-refractivity contribution < 1.29 is 23.2 Å². The molecule has 1 saturated heterocycles. The minimum Gasteiger partial charge on any atom is -0.324 e. The van der Waals surface area contributed by atoms with E-state index in [1.54, 1.807) is 19.1 Å². The molecule has 2 N–H and O–H groups in total. The van der Waals surface area contributed by atoms with Gasteiger partial charge in [0.15, 0.2) is 0 Å². The van der Waals surface area contributed by atoms with Crippen molar-refractivity contribution in [3.05, 3.63) is 64.2 Å². The molecule has 1 heterocycles. The predicted molar refractivity (Wildman–Crippen MR) is 98.8 cm³/mol. The van der Waals surface area contributed by atoms with Gasteiger partial charge in [0.2, 0.25) is 5.91 Å². The highest BCUT2D eigenvalue weighted by molar-refractivity contribution is 6.31. The zero-order valence-corrected chi connectivity index (χ0v) is 15.7. The first kappa shape index (κ1) is 19.8. The molecule has 2 aromatic carbocycles. The Labute approximate surface area is 164 Å². The number of urea groups is 1. The summed E-state index contributed by atoms with van der Waals surface area (Å²) in [6, 6.07) is 6.63. The topological polar surface area (TPSA) is 78.5 Å². The number of rotatable bonds is 4. The molecule has 0 bridgehead atoms. The molecule has 146 valence electrons. The van der Waals surface area contributed by atoms with Crippen LogP contribution in [0.5, 0.6) is 0 Å². The summed E-state index contributed by atoms with van der Waals surface area (Å²) in [5, 5.41) is 5.32. The van der Waals surface area contributed by atoms with Crippen LogP contribution in [0.3, 0.4) is 0 Å². The third kappa shape index (κ3) is 3.55. The van der Waals surface area contributed by atoms with Gasteiger partial charge in [-0.25, -0.2) is 13.6 Å². The maximum absolute atomic E-state index is 14.1. The van der Waals surface area contributed by atoms with Gasteiger partial charge in [-0.05, 0) is 49.7 Å². The van der Waals surface area contributed by atoms with E-state index in [2.05, 4.69) is 10.6 Å². The molecule has 1 aliphatic heterocycles. The molecule has 9 heteroatoms. The van der Waals surface area contributed by atoms with Gasteiger partial charge >= 0.3 is 6.03 Å². The van der Waals surface area contributed by atoms with Gasteiger partial charge in [0.25, 0.3) is 5.91 Å². The molecular weight excluding hydrogens is 392 g/mol. The Morgan fingerprint density at radius 3 is 2.64 bits per heavy atom. The molecular formula is C19H16ClF2N3O3. The molecule has 3 rings (SSSR count). The third-order valence-electron chi connectivity index (χ3n) is 4.52. The van der Waals surface area contributed by atoms with E-state index in [9.17, 15) is 23.2 Å². The number of aryl methyl sites for hydroxylation is 1. The van der Waals surface area contributed by atoms with E-state index in [4.69, 9.17) is 11.6 Å². The maximum Gasteiger partial charge on any atom is 0.325 e. The first-order valence-corrected chi connectivity index (χ1v) is 8.65. The highest BCUT2D eigenvalue weighted by atomic mass is 35.5. The largest absolute Gasteiger partial charge is 0.325 e. The summed E-state index contributed by atoms with van der Waals surface area (Å²) < 4.78 is 27.7. The number of amides is 4. The molecule has 1 aliphatic rings. The number of nitrogens with zero attached hydrogens (tertiary/aromatic N) is 1. The molecule has 0 spiro atoms. The van der Waals surface area contributed by atoms with Crippen molar-refractivity contribution in [1.29, 1.82) is 0 Å². The lowest BCUT2D eigenvalue weighted by Gasteiger charge is -2.22. The summed E-state index contributed by atoms with van der Waals surface area (Å²) in [6.45, 7) is 2.41. The SMILES string of the molecule is Cc1ccc(Cl)cc1NC(=O)CN1C(=O)N[C@](C)(c2cc(F)ccc2F)C1=O. The molecule has 28 heavy (non-hydrogen) atoms. The fraction of sp³-hybridized carbons (Fsp3) is 0.211. The molecule has 4 amide bonds. The minimum atomic E-state index is -1.82. The van der Waals surface area contributed by atoms with Crippen molar-refractivity contribution in [2.45, 2.75) is 19.4 Å². The third-order valence-corrected chi connectivity index (χ3v) is 4.75. The number of halogens is 3. The van der Waals surface area contributed by atoms with Crippen LogP contribution in [-0.4, -0.2) is 29.3 Å². The van der Waals surface area contributed by atoms with Gasteiger partial charge in [0.1, 0.15) is 23.7 Å². The van der Waals surface area contributed by atoms with E-state index < -0.39 is 41.6 Å². The first-order chi connectivity index (χ1) is 13.1. The van der Waals surface area contributed by atoms with Crippen LogP contribution in [0.1, 0.15) is 18.1 Å². The van der Waals surface area contributed by atoms with Crippen molar-refractivity contribution >= 4 is 35.1 Å². The Morgan fingerprint density at radius 1 is 1.21 bits per heavy atom. The van der Waals surface area contributed by atoms with Gasteiger partial charge in [0, 0.05) is 16.3 Å². The summed E-state index contributed by atoms with van der Waals surface area (Å²) in [6.07, 6.45) is 0. The smallest absolute Gasteiger partial charge is 0.324 e. The van der Waals surface area contributed by atoms with Gasteiger partial charge in [-0.1, -0.05) is 17.7 Å². The van der Waals surface area contributed by atoms with Crippen LogP contribution in [-0.2, 0) is 15.1 Å². The zero-order chi connectivity index (χ0) is 20.6. The van der Waals surface area contributed by atoms with Gasteiger partial charge in [0.05, 0.1) is 0 Å². The van der Waals surface area contributed by atoms with Crippen LogP contribution in [0.4, 0.5) is 19.3 Å². The fourth-order valence-corrected chi connectivity index (χ4v) is 3.14. The van der Waals surface area contributed by atoms with Crippen LogP contribution >= 0.6 is 11.6 Å². The van der Waals surface area contributed by atoms with E-state index in [0.29, 0.717) is 15.6 Å². The van der Waals surface area contributed by atoms with Crippen molar-refractivity contribution in [2.75, 3.05) is 11.9 Å². The average Bonchev–Trinajstić information content (AvgIpc) is 2.84. The lowest BCUT2D eigenvalue weighted by molar-refractivity contribution is -0.133. The Kier molecular flexibility index (Phi) is 5.08. The number of anilines is 1. The molecule has 6 nitrogen and oxygen atoms in total. The Morgan fingerprint density at radius 2 is 1.93 bits per heavy atom. The van der Waals surface area contributed by atoms with Crippen LogP contribution < -0.4 is 10.6 Å². The molecule has 2 aromatic rings. The quantitative estimate of drug-likeness (QED) is 0.763. The monoisotopic (exact) mass is 407 g/mol. The molecule has 1 atom stereocenters. The van der Waals surface area contributed by atoms with Crippen LogP contribution in [0.15, 0.2) is 36.4 Å². The van der Waals surface area contributed by atoms with E-state index in [1.165, 1.54) is 13.0 Å². The predicted octanol–water partition coefficient (Wildman–Crippen LogP) is 3.33. The highest BCUT2D eigenvalue weighted by Gasteiger charge is 2.50. The van der Waals surface area contributed by atoms with Crippen LogP contribution in [0.2, 0.25) is 5.02 Å². The summed E-state index contributed by atoms with van der Waals surface area (Å²) in [7, 11) is 0. The average molecular weight is 408 g/mol. The van der Waals surface area contributed by atoms with Gasteiger partial charge in [-0.3, -0.25) is 14.5 Å². The Balaban J connectivity index is 1.81. The van der Waals surface area contributed by atoms with E-state index in [-0.39, 0.29) is 5.56 Å². The summed E-state index contributed by atoms with van der Waals surface area (Å²) in [4.78, 5) is 38.0. The van der Waals surface area contributed by atoms with Crippen molar-refractivity contribution in [3.63, 3.8) is 0 Å². The van der Waals surface area contributed by atoms with Crippen LogP contribution in [0, 0.1) is 18.6 Å². The normalized spacial score (nSPS) is 19.0. The van der Waals surface area contributed by atoms with Crippen LogP contribution in [0.25, 0.3) is 0 Å². The lowest BCUT2D eigenvalue weighted by atomic mass is 9.91. The van der Waals surface area contributed by atoms with Crippen molar-refractivity contribution in [2.24, 2.45) is 0 Å². The van der Waals surface area contributed by atoms with E-state index >= 15 is 0 Å². The molecule has 0 unspecified atom stereocenters. The van der Waals surface area contributed by atoms with Gasteiger partial charge in [-0.15, -0.1) is 0 Å². The number of carbonyl (C=O) groups is 3. The number of nitrogens with one attached hydrogen (secondary N) is 2. The maximum atomic E-state index is 14.1. The molecule has 1 fully saturated rings. The number of benzene rings is 2. The van der Waals surface area contributed by atoms with E-state index in [1.807, 2.05) is 0 Å². The van der Waals surface area contributed by atoms with Gasteiger partial charge in [-0.2, -0.15) is 0 Å². The summed E-state index contributed by atoms with van der Waals surface area (Å²) >= 11 is 5.90. The molecule has 0 saturated carbocycles. The second-order valence-electron chi connectivity index (χ2n) is 6.58. The second-order valence-corrected chi connectivity index (χ2v) is 7.01. The molecule has 0 radical (unpaired) electrons. The zero-order valence-electron chi connectivity index (χ0n) is 15.0. The van der Waals surface area contributed by atoms with E-state index in [0.717, 1.165) is 23.8 Å². The molecule has 0 aliphatic carbocycles. The number of imide groups is 1. The number of hydrogen-bond donors (Lipinski definition) is 2. The van der Waals surface area contributed by atoms with Gasteiger partial charge < -0.3 is 10.6 Å². The fourth-order valence-electron chi connectivity index (χ4n) is 2.97. The Hall–Kier alpha value is -3.00. The highest BCUT2D eigenvalue weighted by Crippen LogP contribution is 2.31. The van der Waals surface area contributed by atoms with Crippen molar-refractivity contribution in [1.82, 2.24) is 10.2 Å². The number of hydrogen-bond acceptors (Lipinski definition) is 3. The standard InChI is InChI=1S/C19H16ClF2N3O3/c1-10-3-4-11(20)7-15(10)23-16(26)9-25-17(27)19(2,24-18(25)28)13-8-12(21)5-6-14(13)22/h3-8H,9H2,1-2H3,(H,23,26)(H,24,28)/t19-/m1/s1. The minimum absolute atomic E-state index is 0.320.